The predicted molar refractivity (Wildman–Crippen MR) is 74.4 cm³/mol. The summed E-state index contributed by atoms with van der Waals surface area (Å²) < 4.78 is 5.28. The number of hydrogen-bond donors (Lipinski definition) is 0. The van der Waals surface area contributed by atoms with Crippen LogP contribution in [0.3, 0.4) is 0 Å². The molecule has 0 N–H and O–H groups in total. The van der Waals surface area contributed by atoms with E-state index in [2.05, 4.69) is 4.98 Å². The highest BCUT2D eigenvalue weighted by atomic mass is 35.5. The first-order valence-corrected chi connectivity index (χ1v) is 6.48. The van der Waals surface area contributed by atoms with Crippen LogP contribution in [-0.4, -0.2) is 12.0 Å². The number of halogens is 2. The summed E-state index contributed by atoms with van der Waals surface area (Å²) in [5, 5.41) is 0.599. The van der Waals surface area contributed by atoms with Crippen LogP contribution in [0.15, 0.2) is 28.9 Å². The molecule has 3 nitrogen and oxygen atoms in total. The summed E-state index contributed by atoms with van der Waals surface area (Å²) in [6, 6.07) is 5.67. The predicted octanol–water partition coefficient (Wildman–Crippen LogP) is 4.01. The number of hydrogen-bond acceptors (Lipinski definition) is 3. The summed E-state index contributed by atoms with van der Waals surface area (Å²) >= 11 is 11.8. The third kappa shape index (κ3) is 2.79. The summed E-state index contributed by atoms with van der Waals surface area (Å²) in [6.07, 6.45) is 1.69. The largest absolute Gasteiger partial charge is 0.469 e. The van der Waals surface area contributed by atoms with Gasteiger partial charge in [-0.05, 0) is 25.1 Å². The van der Waals surface area contributed by atoms with Gasteiger partial charge in [-0.15, -0.1) is 11.6 Å². The summed E-state index contributed by atoms with van der Waals surface area (Å²) in [4.78, 5) is 6.46. The molecule has 0 fully saturated rings. The molecule has 0 aliphatic carbocycles. The molecule has 18 heavy (non-hydrogen) atoms. The zero-order valence-electron chi connectivity index (χ0n) is 10.3. The fourth-order valence-corrected chi connectivity index (χ4v) is 2.14. The minimum Gasteiger partial charge on any atom is -0.469 e. The average Bonchev–Trinajstić information content (AvgIpc) is 2.75. The van der Waals surface area contributed by atoms with Gasteiger partial charge in [0.05, 0.1) is 22.9 Å². The molecule has 2 aromatic heterocycles. The zero-order chi connectivity index (χ0) is 13.1. The van der Waals surface area contributed by atoms with Crippen molar-refractivity contribution < 1.29 is 4.42 Å². The van der Waals surface area contributed by atoms with E-state index in [9.17, 15) is 0 Å². The van der Waals surface area contributed by atoms with Gasteiger partial charge in [-0.2, -0.15) is 0 Å². The van der Waals surface area contributed by atoms with Crippen LogP contribution in [0.5, 0.6) is 0 Å². The van der Waals surface area contributed by atoms with E-state index < -0.39 is 0 Å². The second kappa shape index (κ2) is 5.63. The Kier molecular flexibility index (Phi) is 4.15. The van der Waals surface area contributed by atoms with Crippen molar-refractivity contribution in [2.75, 3.05) is 11.9 Å². The molecule has 0 saturated carbocycles. The number of anilines is 1. The van der Waals surface area contributed by atoms with Crippen LogP contribution in [-0.2, 0) is 12.4 Å². The van der Waals surface area contributed by atoms with E-state index in [1.54, 1.807) is 6.26 Å². The van der Waals surface area contributed by atoms with E-state index in [1.807, 2.05) is 37.1 Å². The Bertz CT molecular complexity index is 540. The van der Waals surface area contributed by atoms with Gasteiger partial charge in [0.2, 0.25) is 0 Å². The number of aromatic nitrogens is 1. The van der Waals surface area contributed by atoms with Crippen LogP contribution in [0.25, 0.3) is 0 Å². The molecule has 0 radical (unpaired) electrons. The molecule has 0 saturated heterocycles. The SMILES string of the molecule is Cc1occc1CN(C)c1ccc(Cl)c(CCl)n1. The Hall–Kier alpha value is -1.19. The molecule has 0 spiro atoms. The lowest BCUT2D eigenvalue weighted by molar-refractivity contribution is 0.529. The first kappa shape index (κ1) is 13.2. The van der Waals surface area contributed by atoms with E-state index in [-0.39, 0.29) is 0 Å². The highest BCUT2D eigenvalue weighted by molar-refractivity contribution is 6.32. The van der Waals surface area contributed by atoms with Crippen molar-refractivity contribution in [3.8, 4) is 0 Å². The molecule has 0 unspecified atom stereocenters. The molecular formula is C13H14Cl2N2O. The summed E-state index contributed by atoms with van der Waals surface area (Å²) in [5.41, 5.74) is 1.84. The van der Waals surface area contributed by atoms with Gasteiger partial charge in [-0.3, -0.25) is 0 Å². The van der Waals surface area contributed by atoms with Crippen LogP contribution in [0.1, 0.15) is 17.0 Å². The maximum Gasteiger partial charge on any atom is 0.129 e. The number of pyridine rings is 1. The van der Waals surface area contributed by atoms with E-state index in [1.165, 1.54) is 0 Å². The number of rotatable bonds is 4. The van der Waals surface area contributed by atoms with Crippen LogP contribution in [0.2, 0.25) is 5.02 Å². The van der Waals surface area contributed by atoms with Gasteiger partial charge in [0.1, 0.15) is 11.6 Å². The minimum absolute atomic E-state index is 0.311. The lowest BCUT2D eigenvalue weighted by Crippen LogP contribution is -2.18. The van der Waals surface area contributed by atoms with Crippen molar-refractivity contribution in [1.82, 2.24) is 4.98 Å². The van der Waals surface area contributed by atoms with E-state index in [0.29, 0.717) is 16.6 Å². The minimum atomic E-state index is 0.311. The average molecular weight is 285 g/mol. The Balaban J connectivity index is 2.18. The summed E-state index contributed by atoms with van der Waals surface area (Å²) in [7, 11) is 1.97. The number of alkyl halides is 1. The molecule has 0 amide bonds. The van der Waals surface area contributed by atoms with E-state index >= 15 is 0 Å². The van der Waals surface area contributed by atoms with Crippen LogP contribution in [0, 0.1) is 6.92 Å². The topological polar surface area (TPSA) is 29.3 Å². The molecule has 2 heterocycles. The van der Waals surface area contributed by atoms with Crippen molar-refractivity contribution in [1.29, 1.82) is 0 Å². The normalized spacial score (nSPS) is 10.7. The van der Waals surface area contributed by atoms with E-state index in [4.69, 9.17) is 27.6 Å². The van der Waals surface area contributed by atoms with Gasteiger partial charge in [-0.25, -0.2) is 4.98 Å². The maximum atomic E-state index is 5.99. The van der Waals surface area contributed by atoms with Crippen LogP contribution < -0.4 is 4.90 Å². The van der Waals surface area contributed by atoms with Gasteiger partial charge in [0.25, 0.3) is 0 Å². The van der Waals surface area contributed by atoms with Gasteiger partial charge < -0.3 is 9.32 Å². The standard InChI is InChI=1S/C13H14Cl2N2O/c1-9-10(5-6-18-9)8-17(2)13-4-3-11(15)12(7-14)16-13/h3-6H,7-8H2,1-2H3. The molecule has 0 aromatic carbocycles. The molecule has 2 rings (SSSR count). The molecular weight excluding hydrogens is 271 g/mol. The Labute approximate surface area is 116 Å². The van der Waals surface area contributed by atoms with Gasteiger partial charge >= 0.3 is 0 Å². The third-order valence-electron chi connectivity index (χ3n) is 2.80. The third-order valence-corrected chi connectivity index (χ3v) is 3.39. The smallest absolute Gasteiger partial charge is 0.129 e. The van der Waals surface area contributed by atoms with Crippen molar-refractivity contribution >= 4 is 29.0 Å². The molecule has 0 atom stereocenters. The zero-order valence-corrected chi connectivity index (χ0v) is 11.8. The lowest BCUT2D eigenvalue weighted by atomic mass is 10.2. The van der Waals surface area contributed by atoms with Crippen molar-refractivity contribution in [2.24, 2.45) is 0 Å². The van der Waals surface area contributed by atoms with Crippen molar-refractivity contribution in [3.63, 3.8) is 0 Å². The number of furan rings is 1. The quantitative estimate of drug-likeness (QED) is 0.795. The molecule has 2 aromatic rings. The van der Waals surface area contributed by atoms with Gasteiger partial charge in [-0.1, -0.05) is 11.6 Å². The first-order chi connectivity index (χ1) is 8.61. The highest BCUT2D eigenvalue weighted by Crippen LogP contribution is 2.22. The number of nitrogens with zero attached hydrogens (tertiary/aromatic N) is 2. The van der Waals surface area contributed by atoms with Crippen LogP contribution in [0.4, 0.5) is 5.82 Å². The summed E-state index contributed by atoms with van der Waals surface area (Å²) in [5.74, 6) is 2.08. The Morgan fingerprint density at radius 2 is 2.11 bits per heavy atom. The Morgan fingerprint density at radius 3 is 2.72 bits per heavy atom. The lowest BCUT2D eigenvalue weighted by Gasteiger charge is -2.18. The molecule has 96 valence electrons. The maximum absolute atomic E-state index is 5.99. The fraction of sp³-hybridized carbons (Fsp3) is 0.308. The van der Waals surface area contributed by atoms with Gasteiger partial charge in [0, 0.05) is 19.2 Å². The summed E-state index contributed by atoms with van der Waals surface area (Å²) in [6.45, 7) is 2.68. The molecule has 5 heteroatoms. The van der Waals surface area contributed by atoms with E-state index in [0.717, 1.165) is 23.7 Å². The van der Waals surface area contributed by atoms with Gasteiger partial charge in [0.15, 0.2) is 0 Å². The molecule has 0 aliphatic heterocycles. The van der Waals surface area contributed by atoms with Crippen molar-refractivity contribution in [3.05, 3.63) is 46.5 Å². The fourth-order valence-electron chi connectivity index (χ4n) is 1.69. The second-order valence-electron chi connectivity index (χ2n) is 4.09. The Morgan fingerprint density at radius 1 is 1.33 bits per heavy atom. The molecule has 0 aliphatic rings. The number of aryl methyl sites for hydroxylation is 1. The molecule has 0 bridgehead atoms. The first-order valence-electron chi connectivity index (χ1n) is 5.57. The van der Waals surface area contributed by atoms with Crippen molar-refractivity contribution in [2.45, 2.75) is 19.3 Å². The second-order valence-corrected chi connectivity index (χ2v) is 4.76. The van der Waals surface area contributed by atoms with Crippen LogP contribution >= 0.6 is 23.2 Å². The monoisotopic (exact) mass is 284 g/mol. The highest BCUT2D eigenvalue weighted by Gasteiger charge is 2.09.